The van der Waals surface area contributed by atoms with E-state index in [1.165, 1.54) is 11.3 Å². The molecule has 3 aromatic rings. The van der Waals surface area contributed by atoms with Gasteiger partial charge >= 0.3 is 5.97 Å². The molecule has 0 aliphatic rings. The second-order valence-corrected chi connectivity index (χ2v) is 6.71. The van der Waals surface area contributed by atoms with Crippen molar-refractivity contribution < 1.29 is 9.90 Å². The minimum absolute atomic E-state index is 0.270. The van der Waals surface area contributed by atoms with Crippen LogP contribution in [0.2, 0.25) is 5.02 Å². The van der Waals surface area contributed by atoms with Crippen LogP contribution in [-0.4, -0.2) is 20.5 Å². The number of carboxylic acids is 1. The molecule has 0 atom stereocenters. The molecule has 0 bridgehead atoms. The van der Waals surface area contributed by atoms with E-state index in [-0.39, 0.29) is 5.69 Å². The highest BCUT2D eigenvalue weighted by Crippen LogP contribution is 2.34. The zero-order valence-electron chi connectivity index (χ0n) is 12.3. The molecule has 6 heteroatoms. The number of fused-ring (bicyclic) bond motifs is 1. The standard InChI is InChI=1S/C16H15ClN2O2S/c1-3-4-12-14(15(20)21)19-13(9(2)22-16(19)18-12)10-5-7-11(17)8-6-10/h5-8H,3-4H2,1-2H3,(H,20,21). The molecule has 0 spiro atoms. The molecule has 0 unspecified atom stereocenters. The summed E-state index contributed by atoms with van der Waals surface area (Å²) in [6.45, 7) is 4.00. The number of aryl methyl sites for hydroxylation is 2. The van der Waals surface area contributed by atoms with Gasteiger partial charge in [0, 0.05) is 9.90 Å². The zero-order chi connectivity index (χ0) is 15.9. The van der Waals surface area contributed by atoms with Gasteiger partial charge in [0.05, 0.1) is 11.4 Å². The molecule has 0 saturated carbocycles. The van der Waals surface area contributed by atoms with Crippen LogP contribution in [0.15, 0.2) is 24.3 Å². The molecule has 2 heterocycles. The molecule has 2 aromatic heterocycles. The van der Waals surface area contributed by atoms with Gasteiger partial charge < -0.3 is 5.11 Å². The summed E-state index contributed by atoms with van der Waals surface area (Å²) in [6, 6.07) is 7.43. The highest BCUT2D eigenvalue weighted by atomic mass is 35.5. The lowest BCUT2D eigenvalue weighted by atomic mass is 10.1. The van der Waals surface area contributed by atoms with E-state index in [2.05, 4.69) is 4.98 Å². The van der Waals surface area contributed by atoms with E-state index in [9.17, 15) is 9.90 Å². The van der Waals surface area contributed by atoms with Crippen LogP contribution in [0.4, 0.5) is 0 Å². The number of halogens is 1. The van der Waals surface area contributed by atoms with Gasteiger partial charge in [-0.3, -0.25) is 4.40 Å². The van der Waals surface area contributed by atoms with Crippen molar-refractivity contribution in [2.45, 2.75) is 26.7 Å². The summed E-state index contributed by atoms with van der Waals surface area (Å²) in [4.78, 5) is 18.0. The lowest BCUT2D eigenvalue weighted by Crippen LogP contribution is -2.06. The van der Waals surface area contributed by atoms with Crippen LogP contribution in [0.3, 0.4) is 0 Å². The quantitative estimate of drug-likeness (QED) is 0.754. The van der Waals surface area contributed by atoms with Gasteiger partial charge in [-0.15, -0.1) is 11.3 Å². The first kappa shape index (κ1) is 15.1. The smallest absolute Gasteiger partial charge is 0.354 e. The van der Waals surface area contributed by atoms with Crippen LogP contribution in [0.1, 0.15) is 34.4 Å². The Morgan fingerprint density at radius 1 is 1.36 bits per heavy atom. The van der Waals surface area contributed by atoms with E-state index >= 15 is 0 Å². The Morgan fingerprint density at radius 2 is 2.05 bits per heavy atom. The van der Waals surface area contributed by atoms with Crippen LogP contribution in [0.25, 0.3) is 16.2 Å². The Hall–Kier alpha value is -1.85. The molecule has 1 N–H and O–H groups in total. The summed E-state index contributed by atoms with van der Waals surface area (Å²) in [6.07, 6.45) is 1.52. The van der Waals surface area contributed by atoms with Crippen molar-refractivity contribution in [1.29, 1.82) is 0 Å². The molecule has 0 saturated heterocycles. The van der Waals surface area contributed by atoms with Crippen molar-refractivity contribution in [3.05, 3.63) is 45.6 Å². The summed E-state index contributed by atoms with van der Waals surface area (Å²) in [7, 11) is 0. The number of thiazole rings is 1. The predicted molar refractivity (Wildman–Crippen MR) is 89.2 cm³/mol. The molecule has 1 aromatic carbocycles. The van der Waals surface area contributed by atoms with Gasteiger partial charge in [-0.05, 0) is 31.0 Å². The fourth-order valence-corrected chi connectivity index (χ4v) is 3.77. The maximum atomic E-state index is 11.7. The van der Waals surface area contributed by atoms with Crippen molar-refractivity contribution >= 4 is 33.9 Å². The maximum absolute atomic E-state index is 11.7. The monoisotopic (exact) mass is 334 g/mol. The van der Waals surface area contributed by atoms with Gasteiger partial charge in [-0.1, -0.05) is 37.1 Å². The molecule has 114 valence electrons. The van der Waals surface area contributed by atoms with Gasteiger partial charge in [0.15, 0.2) is 10.7 Å². The van der Waals surface area contributed by atoms with Crippen molar-refractivity contribution in [3.8, 4) is 11.3 Å². The lowest BCUT2D eigenvalue weighted by molar-refractivity contribution is 0.0688. The molecule has 4 nitrogen and oxygen atoms in total. The number of nitrogens with zero attached hydrogens (tertiary/aromatic N) is 2. The third-order valence-electron chi connectivity index (χ3n) is 3.53. The summed E-state index contributed by atoms with van der Waals surface area (Å²) < 4.78 is 1.76. The molecular weight excluding hydrogens is 320 g/mol. The van der Waals surface area contributed by atoms with Gasteiger partial charge in [0.2, 0.25) is 0 Å². The van der Waals surface area contributed by atoms with Crippen LogP contribution in [-0.2, 0) is 6.42 Å². The van der Waals surface area contributed by atoms with Gasteiger partial charge in [0.1, 0.15) is 0 Å². The number of aromatic carboxylic acids is 1. The third-order valence-corrected chi connectivity index (χ3v) is 4.74. The Labute approximate surface area is 137 Å². The highest BCUT2D eigenvalue weighted by molar-refractivity contribution is 7.17. The zero-order valence-corrected chi connectivity index (χ0v) is 13.8. The van der Waals surface area contributed by atoms with Gasteiger partial charge in [-0.2, -0.15) is 0 Å². The summed E-state index contributed by atoms with van der Waals surface area (Å²) in [5, 5.41) is 10.3. The fourth-order valence-electron chi connectivity index (χ4n) is 2.63. The van der Waals surface area contributed by atoms with E-state index < -0.39 is 5.97 Å². The predicted octanol–water partition coefficient (Wildman–Crippen LogP) is 4.68. The lowest BCUT2D eigenvalue weighted by Gasteiger charge is -2.05. The Bertz CT molecular complexity index is 849. The minimum atomic E-state index is -0.941. The molecule has 0 aliphatic carbocycles. The van der Waals surface area contributed by atoms with Crippen molar-refractivity contribution in [2.75, 3.05) is 0 Å². The number of hydrogen-bond donors (Lipinski definition) is 1. The molecule has 0 fully saturated rings. The first-order valence-corrected chi connectivity index (χ1v) is 8.22. The average molecular weight is 335 g/mol. The molecule has 0 radical (unpaired) electrons. The van der Waals surface area contributed by atoms with E-state index in [0.717, 1.165) is 27.5 Å². The summed E-state index contributed by atoms with van der Waals surface area (Å²) in [5.41, 5.74) is 2.74. The number of imidazole rings is 1. The first-order chi connectivity index (χ1) is 10.5. The van der Waals surface area contributed by atoms with E-state index in [1.807, 2.05) is 38.1 Å². The number of carbonyl (C=O) groups is 1. The summed E-state index contributed by atoms with van der Waals surface area (Å²) >= 11 is 7.46. The molecule has 22 heavy (non-hydrogen) atoms. The second kappa shape index (κ2) is 5.74. The van der Waals surface area contributed by atoms with Crippen molar-refractivity contribution in [3.63, 3.8) is 0 Å². The van der Waals surface area contributed by atoms with Crippen molar-refractivity contribution in [2.24, 2.45) is 0 Å². The molecule has 0 aliphatic heterocycles. The van der Waals surface area contributed by atoms with E-state index in [4.69, 9.17) is 11.6 Å². The topological polar surface area (TPSA) is 54.6 Å². The van der Waals surface area contributed by atoms with E-state index in [0.29, 0.717) is 17.1 Å². The number of benzene rings is 1. The van der Waals surface area contributed by atoms with Gasteiger partial charge in [-0.25, -0.2) is 9.78 Å². The van der Waals surface area contributed by atoms with E-state index in [1.54, 1.807) is 4.40 Å². The third kappa shape index (κ3) is 2.40. The summed E-state index contributed by atoms with van der Waals surface area (Å²) in [5.74, 6) is -0.941. The molecule has 0 amide bonds. The number of aromatic nitrogens is 2. The van der Waals surface area contributed by atoms with Crippen LogP contribution in [0.5, 0.6) is 0 Å². The SMILES string of the molecule is CCCc1nc2sc(C)c(-c3ccc(Cl)cc3)n2c1C(=O)O. The van der Waals surface area contributed by atoms with Gasteiger partial charge in [0.25, 0.3) is 0 Å². The Kier molecular flexibility index (Phi) is 3.93. The Morgan fingerprint density at radius 3 is 2.64 bits per heavy atom. The fraction of sp³-hybridized carbons (Fsp3) is 0.250. The highest BCUT2D eigenvalue weighted by Gasteiger charge is 2.23. The minimum Gasteiger partial charge on any atom is -0.477 e. The number of hydrogen-bond acceptors (Lipinski definition) is 3. The first-order valence-electron chi connectivity index (χ1n) is 7.03. The number of carboxylic acid groups (broad SMARTS) is 1. The second-order valence-electron chi connectivity index (χ2n) is 5.09. The Balaban J connectivity index is 2.31. The normalized spacial score (nSPS) is 11.2. The van der Waals surface area contributed by atoms with Crippen LogP contribution < -0.4 is 0 Å². The van der Waals surface area contributed by atoms with Crippen LogP contribution in [0, 0.1) is 6.92 Å². The van der Waals surface area contributed by atoms with Crippen molar-refractivity contribution in [1.82, 2.24) is 9.38 Å². The molecule has 3 rings (SSSR count). The maximum Gasteiger partial charge on any atom is 0.354 e. The largest absolute Gasteiger partial charge is 0.477 e. The molecular formula is C16H15ClN2O2S. The average Bonchev–Trinajstić information content (AvgIpc) is 2.94. The number of rotatable bonds is 4. The van der Waals surface area contributed by atoms with Crippen LogP contribution >= 0.6 is 22.9 Å².